The molecule has 1 aliphatic heterocycles. The summed E-state index contributed by atoms with van der Waals surface area (Å²) in [6.07, 6.45) is 4.29. The number of fused-ring (bicyclic) bond motifs is 2. The summed E-state index contributed by atoms with van der Waals surface area (Å²) in [5, 5.41) is 8.34. The molecule has 7 heteroatoms. The highest BCUT2D eigenvalue weighted by Crippen LogP contribution is 2.42. The lowest BCUT2D eigenvalue weighted by Gasteiger charge is -2.25. The van der Waals surface area contributed by atoms with Crippen molar-refractivity contribution in [3.8, 4) is 10.9 Å². The first-order chi connectivity index (χ1) is 14.7. The molecule has 1 atom stereocenters. The van der Waals surface area contributed by atoms with Crippen LogP contribution < -0.4 is 10.1 Å². The highest BCUT2D eigenvalue weighted by atomic mass is 32.1. The number of aromatic nitrogens is 3. The minimum Gasteiger partial charge on any atom is -0.493 e. The number of rotatable bonds is 6. The van der Waals surface area contributed by atoms with Crippen molar-refractivity contribution in [1.29, 1.82) is 0 Å². The Kier molecular flexibility index (Phi) is 4.96. The van der Waals surface area contributed by atoms with Gasteiger partial charge in [0.25, 0.3) is 0 Å². The minimum absolute atomic E-state index is 0.0290. The third kappa shape index (κ3) is 3.35. The summed E-state index contributed by atoms with van der Waals surface area (Å²) in [5.74, 6) is 1.40. The van der Waals surface area contributed by atoms with Crippen molar-refractivity contribution in [2.75, 3.05) is 11.9 Å². The number of hydrogen-bond acceptors (Lipinski definition) is 5. The van der Waals surface area contributed by atoms with Crippen LogP contribution in [0.25, 0.3) is 15.3 Å². The molecule has 3 heterocycles. The van der Waals surface area contributed by atoms with Gasteiger partial charge in [-0.15, -0.1) is 0 Å². The predicted molar refractivity (Wildman–Crippen MR) is 119 cm³/mol. The van der Waals surface area contributed by atoms with Crippen LogP contribution in [0.4, 0.5) is 5.82 Å². The van der Waals surface area contributed by atoms with Crippen LogP contribution in [0.1, 0.15) is 43.2 Å². The van der Waals surface area contributed by atoms with Crippen LogP contribution in [0.2, 0.25) is 0 Å². The summed E-state index contributed by atoms with van der Waals surface area (Å²) in [4.78, 5) is 17.3. The van der Waals surface area contributed by atoms with Crippen LogP contribution in [0.5, 0.6) is 5.75 Å². The van der Waals surface area contributed by atoms with Crippen LogP contribution in [0.15, 0.2) is 54.7 Å². The normalized spacial score (nSPS) is 15.8. The van der Waals surface area contributed by atoms with Gasteiger partial charge in [-0.1, -0.05) is 55.0 Å². The molecule has 2 aromatic heterocycles. The summed E-state index contributed by atoms with van der Waals surface area (Å²) >= 11 is 1.56. The first-order valence-corrected chi connectivity index (χ1v) is 11.0. The van der Waals surface area contributed by atoms with Gasteiger partial charge < -0.3 is 10.1 Å². The number of amides is 1. The quantitative estimate of drug-likeness (QED) is 0.441. The molecule has 1 N–H and O–H groups in total. The fourth-order valence-electron chi connectivity index (χ4n) is 3.82. The Hall–Kier alpha value is -3.19. The van der Waals surface area contributed by atoms with E-state index in [4.69, 9.17) is 9.72 Å². The maximum Gasteiger partial charge on any atom is 0.226 e. The van der Waals surface area contributed by atoms with E-state index in [1.54, 1.807) is 16.0 Å². The Morgan fingerprint density at radius 1 is 1.17 bits per heavy atom. The smallest absolute Gasteiger partial charge is 0.226 e. The van der Waals surface area contributed by atoms with Crippen molar-refractivity contribution in [3.63, 3.8) is 0 Å². The first-order valence-electron chi connectivity index (χ1n) is 10.2. The summed E-state index contributed by atoms with van der Waals surface area (Å²) in [5.41, 5.74) is 2.93. The molecule has 0 bridgehead atoms. The molecule has 2 aromatic carbocycles. The molecule has 0 unspecified atom stereocenters. The lowest BCUT2D eigenvalue weighted by molar-refractivity contribution is -0.116. The molecule has 0 aliphatic carbocycles. The van der Waals surface area contributed by atoms with Crippen molar-refractivity contribution >= 4 is 33.3 Å². The van der Waals surface area contributed by atoms with Crippen molar-refractivity contribution < 1.29 is 9.53 Å². The van der Waals surface area contributed by atoms with E-state index in [1.807, 2.05) is 54.7 Å². The molecule has 0 saturated heterocycles. The fraction of sp³-hybridized carbons (Fsp3) is 0.261. The van der Waals surface area contributed by atoms with Crippen LogP contribution >= 0.6 is 11.3 Å². The molecule has 30 heavy (non-hydrogen) atoms. The van der Waals surface area contributed by atoms with Crippen LogP contribution in [0, 0.1) is 0 Å². The zero-order valence-corrected chi connectivity index (χ0v) is 17.5. The number of anilines is 1. The second kappa shape index (κ2) is 7.91. The molecule has 1 amide bonds. The number of ether oxygens (including phenoxy) is 1. The number of carbonyl (C=O) groups is 1. The van der Waals surface area contributed by atoms with Gasteiger partial charge in [0.15, 0.2) is 0 Å². The molecular weight excluding hydrogens is 396 g/mol. The maximum absolute atomic E-state index is 12.6. The van der Waals surface area contributed by atoms with Gasteiger partial charge >= 0.3 is 0 Å². The molecule has 5 rings (SSSR count). The van der Waals surface area contributed by atoms with E-state index in [1.165, 1.54) is 0 Å². The van der Waals surface area contributed by atoms with E-state index in [0.29, 0.717) is 18.8 Å². The Bertz CT molecular complexity index is 1180. The van der Waals surface area contributed by atoms with Gasteiger partial charge in [-0.05, 0) is 24.6 Å². The molecular formula is C23H22N4O2S. The molecule has 6 nitrogen and oxygen atoms in total. The van der Waals surface area contributed by atoms with Gasteiger partial charge in [-0.2, -0.15) is 9.78 Å². The first kappa shape index (κ1) is 18.8. The van der Waals surface area contributed by atoms with Gasteiger partial charge in [0, 0.05) is 23.5 Å². The highest BCUT2D eigenvalue weighted by Gasteiger charge is 2.32. The number of para-hydroxylation sites is 2. The largest absolute Gasteiger partial charge is 0.493 e. The molecule has 0 saturated carbocycles. The lowest BCUT2D eigenvalue weighted by Crippen LogP contribution is -2.25. The third-order valence-electron chi connectivity index (χ3n) is 5.33. The summed E-state index contributed by atoms with van der Waals surface area (Å²) < 4.78 is 8.87. The fourth-order valence-corrected chi connectivity index (χ4v) is 4.75. The topological polar surface area (TPSA) is 69.0 Å². The van der Waals surface area contributed by atoms with Crippen molar-refractivity contribution in [2.45, 2.75) is 32.1 Å². The third-order valence-corrected chi connectivity index (χ3v) is 6.35. The number of nitrogens with zero attached hydrogens (tertiary/aromatic N) is 3. The molecule has 1 aliphatic rings. The lowest BCUT2D eigenvalue weighted by atomic mass is 9.87. The molecule has 0 radical (unpaired) electrons. The van der Waals surface area contributed by atoms with E-state index in [0.717, 1.165) is 45.1 Å². The van der Waals surface area contributed by atoms with Crippen LogP contribution in [-0.4, -0.2) is 27.3 Å². The van der Waals surface area contributed by atoms with Gasteiger partial charge in [-0.25, -0.2) is 4.98 Å². The zero-order chi connectivity index (χ0) is 20.5. The number of thiazole rings is 1. The average Bonchev–Trinajstić information content (AvgIpc) is 3.37. The van der Waals surface area contributed by atoms with E-state index in [2.05, 4.69) is 17.3 Å². The average molecular weight is 419 g/mol. The SMILES string of the molecule is CCCCOc1ccccc1[C@@H]1CC(=O)Nc2c1cnn2-c1nc2ccccc2s1. The Morgan fingerprint density at radius 3 is 2.87 bits per heavy atom. The Balaban J connectivity index is 1.55. The second-order valence-electron chi connectivity index (χ2n) is 7.37. The Morgan fingerprint density at radius 2 is 2.00 bits per heavy atom. The molecule has 152 valence electrons. The van der Waals surface area contributed by atoms with Crippen molar-refractivity contribution in [1.82, 2.24) is 14.8 Å². The second-order valence-corrected chi connectivity index (χ2v) is 8.38. The number of hydrogen-bond donors (Lipinski definition) is 1. The van der Waals surface area contributed by atoms with Gasteiger partial charge in [0.1, 0.15) is 11.6 Å². The van der Waals surface area contributed by atoms with Gasteiger partial charge in [-0.3, -0.25) is 4.79 Å². The summed E-state index contributed by atoms with van der Waals surface area (Å²) in [6.45, 7) is 2.81. The monoisotopic (exact) mass is 418 g/mol. The zero-order valence-electron chi connectivity index (χ0n) is 16.7. The van der Waals surface area contributed by atoms with Gasteiger partial charge in [0.2, 0.25) is 11.0 Å². The standard InChI is InChI=1S/C23H22N4O2S/c1-2-3-12-29-19-10-6-4-8-15(19)16-13-21(28)26-22-17(16)14-24-27(22)23-25-18-9-5-7-11-20(18)30-23/h4-11,14,16H,2-3,12-13H2,1H3,(H,26,28)/t16-/m0/s1. The summed E-state index contributed by atoms with van der Waals surface area (Å²) in [7, 11) is 0. The Labute approximate surface area is 178 Å². The van der Waals surface area contributed by atoms with Crippen LogP contribution in [-0.2, 0) is 4.79 Å². The van der Waals surface area contributed by atoms with E-state index in [9.17, 15) is 4.79 Å². The molecule has 0 spiro atoms. The van der Waals surface area contributed by atoms with E-state index < -0.39 is 0 Å². The summed E-state index contributed by atoms with van der Waals surface area (Å²) in [6, 6.07) is 16.0. The minimum atomic E-state index is -0.102. The van der Waals surface area contributed by atoms with E-state index >= 15 is 0 Å². The number of carbonyl (C=O) groups excluding carboxylic acids is 1. The van der Waals surface area contributed by atoms with E-state index in [-0.39, 0.29) is 11.8 Å². The van der Waals surface area contributed by atoms with Gasteiger partial charge in [0.05, 0.1) is 23.0 Å². The number of unbranched alkanes of at least 4 members (excludes halogenated alkanes) is 1. The highest BCUT2D eigenvalue weighted by molar-refractivity contribution is 7.20. The van der Waals surface area contributed by atoms with Crippen molar-refractivity contribution in [3.05, 3.63) is 65.9 Å². The van der Waals surface area contributed by atoms with Crippen molar-refractivity contribution in [2.24, 2.45) is 0 Å². The number of benzene rings is 2. The van der Waals surface area contributed by atoms with Crippen LogP contribution in [0.3, 0.4) is 0 Å². The number of nitrogens with one attached hydrogen (secondary N) is 1. The maximum atomic E-state index is 12.6. The molecule has 0 fully saturated rings. The molecule has 4 aromatic rings. The predicted octanol–water partition coefficient (Wildman–Crippen LogP) is 5.14.